The molecule has 0 unspecified atom stereocenters. The third-order valence-corrected chi connectivity index (χ3v) is 3.25. The Hall–Kier alpha value is -2.27. The number of rotatable bonds is 5. The van der Waals surface area contributed by atoms with Gasteiger partial charge in [0.15, 0.2) is 0 Å². The standard InChI is InChI=1S/C16H20N2O3/c1-11-6-12(8-14(7-11)21-3)13-9-15(18(2)10-13)16(20)17-4-5-19/h6-10,19H,4-5H2,1-3H3,(H,17,20). The smallest absolute Gasteiger partial charge is 0.267 e. The van der Waals surface area contributed by atoms with Crippen LogP contribution in [-0.2, 0) is 7.05 Å². The first-order valence-electron chi connectivity index (χ1n) is 6.76. The van der Waals surface area contributed by atoms with Crippen molar-refractivity contribution in [1.82, 2.24) is 9.88 Å². The molecule has 0 saturated heterocycles. The molecule has 0 aliphatic rings. The first kappa shape index (κ1) is 15.1. The average Bonchev–Trinajstić information content (AvgIpc) is 2.86. The van der Waals surface area contributed by atoms with Crippen LogP contribution in [0.2, 0.25) is 0 Å². The summed E-state index contributed by atoms with van der Waals surface area (Å²) in [5, 5.41) is 11.4. The first-order chi connectivity index (χ1) is 10.0. The summed E-state index contributed by atoms with van der Waals surface area (Å²) in [6, 6.07) is 7.78. The zero-order valence-electron chi connectivity index (χ0n) is 12.5. The lowest BCUT2D eigenvalue weighted by molar-refractivity contribution is 0.0936. The fourth-order valence-corrected chi connectivity index (χ4v) is 2.24. The molecule has 1 amide bonds. The number of aryl methyl sites for hydroxylation is 2. The number of aliphatic hydroxyl groups is 1. The second-order valence-electron chi connectivity index (χ2n) is 4.94. The van der Waals surface area contributed by atoms with Gasteiger partial charge in [0.2, 0.25) is 0 Å². The molecule has 0 aliphatic carbocycles. The topological polar surface area (TPSA) is 63.5 Å². The van der Waals surface area contributed by atoms with Gasteiger partial charge in [0, 0.05) is 25.4 Å². The Morgan fingerprint density at radius 2 is 2.05 bits per heavy atom. The van der Waals surface area contributed by atoms with E-state index in [1.165, 1.54) is 0 Å². The quantitative estimate of drug-likeness (QED) is 0.880. The number of ether oxygens (including phenoxy) is 1. The molecule has 5 heteroatoms. The highest BCUT2D eigenvalue weighted by atomic mass is 16.5. The van der Waals surface area contributed by atoms with Crippen LogP contribution in [0, 0.1) is 6.92 Å². The first-order valence-corrected chi connectivity index (χ1v) is 6.76. The van der Waals surface area contributed by atoms with Gasteiger partial charge in [-0.05, 0) is 36.2 Å². The zero-order chi connectivity index (χ0) is 15.4. The molecule has 0 spiro atoms. The van der Waals surface area contributed by atoms with Crippen molar-refractivity contribution >= 4 is 5.91 Å². The van der Waals surface area contributed by atoms with Gasteiger partial charge >= 0.3 is 0 Å². The van der Waals surface area contributed by atoms with Crippen molar-refractivity contribution in [2.24, 2.45) is 7.05 Å². The summed E-state index contributed by atoms with van der Waals surface area (Å²) < 4.78 is 7.06. The van der Waals surface area contributed by atoms with E-state index in [2.05, 4.69) is 5.32 Å². The number of hydrogen-bond donors (Lipinski definition) is 2. The van der Waals surface area contributed by atoms with Crippen LogP contribution in [0.5, 0.6) is 5.75 Å². The number of amides is 1. The predicted molar refractivity (Wildman–Crippen MR) is 81.6 cm³/mol. The number of aliphatic hydroxyl groups excluding tert-OH is 1. The lowest BCUT2D eigenvalue weighted by Crippen LogP contribution is -2.27. The van der Waals surface area contributed by atoms with Gasteiger partial charge in [0.05, 0.1) is 13.7 Å². The third-order valence-electron chi connectivity index (χ3n) is 3.25. The van der Waals surface area contributed by atoms with Crippen molar-refractivity contribution in [2.75, 3.05) is 20.3 Å². The van der Waals surface area contributed by atoms with Gasteiger partial charge < -0.3 is 19.7 Å². The summed E-state index contributed by atoms with van der Waals surface area (Å²) in [5.74, 6) is 0.595. The zero-order valence-corrected chi connectivity index (χ0v) is 12.5. The number of carbonyl (C=O) groups is 1. The second kappa shape index (κ2) is 6.45. The average molecular weight is 288 g/mol. The SMILES string of the molecule is COc1cc(C)cc(-c2cc(C(=O)NCCO)n(C)c2)c1. The van der Waals surface area contributed by atoms with Crippen LogP contribution in [0.4, 0.5) is 0 Å². The van der Waals surface area contributed by atoms with Crippen LogP contribution in [-0.4, -0.2) is 35.8 Å². The molecule has 1 aromatic carbocycles. The van der Waals surface area contributed by atoms with Crippen molar-refractivity contribution < 1.29 is 14.6 Å². The molecule has 1 aromatic heterocycles. The molecular formula is C16H20N2O3. The number of benzene rings is 1. The highest BCUT2D eigenvalue weighted by molar-refractivity contribution is 5.94. The summed E-state index contributed by atoms with van der Waals surface area (Å²) in [5.41, 5.74) is 3.61. The summed E-state index contributed by atoms with van der Waals surface area (Å²) in [4.78, 5) is 12.0. The minimum Gasteiger partial charge on any atom is -0.497 e. The van der Waals surface area contributed by atoms with E-state index >= 15 is 0 Å². The third kappa shape index (κ3) is 3.44. The number of aromatic nitrogens is 1. The van der Waals surface area contributed by atoms with Gasteiger partial charge in [-0.3, -0.25) is 4.79 Å². The van der Waals surface area contributed by atoms with Crippen LogP contribution in [0.25, 0.3) is 11.1 Å². The van der Waals surface area contributed by atoms with Crippen LogP contribution >= 0.6 is 0 Å². The predicted octanol–water partition coefficient (Wildman–Crippen LogP) is 1.73. The number of nitrogens with one attached hydrogen (secondary N) is 1. The Kier molecular flexibility index (Phi) is 4.65. The van der Waals surface area contributed by atoms with Crippen LogP contribution < -0.4 is 10.1 Å². The van der Waals surface area contributed by atoms with Crippen molar-refractivity contribution in [3.8, 4) is 16.9 Å². The summed E-state index contributed by atoms with van der Waals surface area (Å²) in [6.07, 6.45) is 1.90. The summed E-state index contributed by atoms with van der Waals surface area (Å²) in [6.45, 7) is 2.18. The van der Waals surface area contributed by atoms with Gasteiger partial charge in [-0.25, -0.2) is 0 Å². The van der Waals surface area contributed by atoms with Gasteiger partial charge in [-0.15, -0.1) is 0 Å². The largest absolute Gasteiger partial charge is 0.497 e. The minimum atomic E-state index is -0.197. The Morgan fingerprint density at radius 3 is 2.71 bits per heavy atom. The number of carbonyl (C=O) groups excluding carboxylic acids is 1. The molecule has 2 aromatic rings. The van der Waals surface area contributed by atoms with E-state index in [0.717, 1.165) is 22.4 Å². The van der Waals surface area contributed by atoms with E-state index in [1.54, 1.807) is 11.7 Å². The Morgan fingerprint density at radius 1 is 1.29 bits per heavy atom. The van der Waals surface area contributed by atoms with Crippen LogP contribution in [0.3, 0.4) is 0 Å². The van der Waals surface area contributed by atoms with Crippen molar-refractivity contribution in [3.05, 3.63) is 41.7 Å². The molecular weight excluding hydrogens is 268 g/mol. The fourth-order valence-electron chi connectivity index (χ4n) is 2.24. The summed E-state index contributed by atoms with van der Waals surface area (Å²) in [7, 11) is 3.46. The van der Waals surface area contributed by atoms with E-state index in [4.69, 9.17) is 9.84 Å². The Bertz CT molecular complexity index is 647. The van der Waals surface area contributed by atoms with E-state index in [0.29, 0.717) is 5.69 Å². The fraction of sp³-hybridized carbons (Fsp3) is 0.312. The Balaban J connectivity index is 2.34. The second-order valence-corrected chi connectivity index (χ2v) is 4.94. The molecule has 0 aliphatic heterocycles. The highest BCUT2D eigenvalue weighted by Gasteiger charge is 2.13. The van der Waals surface area contributed by atoms with E-state index in [9.17, 15) is 4.79 Å². The van der Waals surface area contributed by atoms with Gasteiger partial charge in [-0.2, -0.15) is 0 Å². The minimum absolute atomic E-state index is 0.0713. The highest BCUT2D eigenvalue weighted by Crippen LogP contribution is 2.27. The van der Waals surface area contributed by atoms with E-state index < -0.39 is 0 Å². The van der Waals surface area contributed by atoms with Crippen LogP contribution in [0.15, 0.2) is 30.5 Å². The lowest BCUT2D eigenvalue weighted by Gasteiger charge is -2.05. The Labute approximate surface area is 124 Å². The van der Waals surface area contributed by atoms with Crippen molar-refractivity contribution in [1.29, 1.82) is 0 Å². The lowest BCUT2D eigenvalue weighted by atomic mass is 10.1. The molecule has 5 nitrogen and oxygen atoms in total. The maximum atomic E-state index is 12.0. The monoisotopic (exact) mass is 288 g/mol. The molecule has 0 saturated carbocycles. The molecule has 2 N–H and O–H groups in total. The maximum absolute atomic E-state index is 12.0. The molecule has 0 fully saturated rings. The van der Waals surface area contributed by atoms with Gasteiger partial charge in [-0.1, -0.05) is 6.07 Å². The summed E-state index contributed by atoms with van der Waals surface area (Å²) >= 11 is 0. The number of nitrogens with zero attached hydrogens (tertiary/aromatic N) is 1. The number of hydrogen-bond acceptors (Lipinski definition) is 3. The van der Waals surface area contributed by atoms with E-state index in [1.807, 2.05) is 44.4 Å². The molecule has 0 radical (unpaired) electrons. The normalized spacial score (nSPS) is 10.5. The molecule has 0 atom stereocenters. The molecule has 112 valence electrons. The molecule has 1 heterocycles. The number of methoxy groups -OCH3 is 1. The van der Waals surface area contributed by atoms with Gasteiger partial charge in [0.1, 0.15) is 11.4 Å². The van der Waals surface area contributed by atoms with Gasteiger partial charge in [0.25, 0.3) is 5.91 Å². The van der Waals surface area contributed by atoms with Crippen LogP contribution in [0.1, 0.15) is 16.1 Å². The molecule has 21 heavy (non-hydrogen) atoms. The maximum Gasteiger partial charge on any atom is 0.267 e. The van der Waals surface area contributed by atoms with Crippen molar-refractivity contribution in [2.45, 2.75) is 6.92 Å². The van der Waals surface area contributed by atoms with Crippen molar-refractivity contribution in [3.63, 3.8) is 0 Å². The molecule has 0 bridgehead atoms. The van der Waals surface area contributed by atoms with E-state index in [-0.39, 0.29) is 19.1 Å². The molecule has 2 rings (SSSR count).